The number of carbonyl (C=O) groups is 3. The summed E-state index contributed by atoms with van der Waals surface area (Å²) in [6, 6.07) is 0. The second-order valence-electron chi connectivity index (χ2n) is 12.8. The number of nitrogens with one attached hydrogen (secondary N) is 1. The number of aliphatic carboxylic acids is 1. The Morgan fingerprint density at radius 2 is 1.06 bits per heavy atom. The Morgan fingerprint density at radius 3 is 1.67 bits per heavy atom. The van der Waals surface area contributed by atoms with Crippen molar-refractivity contribution >= 4 is 17.8 Å². The lowest BCUT2D eigenvalue weighted by Gasteiger charge is -2.17. The fourth-order valence-electron chi connectivity index (χ4n) is 5.32. The number of ether oxygens (including phenoxy) is 1. The van der Waals surface area contributed by atoms with Gasteiger partial charge in [0.1, 0.15) is 12.6 Å². The molecule has 0 aliphatic carbocycles. The van der Waals surface area contributed by atoms with E-state index in [0.29, 0.717) is 12.8 Å². The summed E-state index contributed by atoms with van der Waals surface area (Å²) in [6.07, 6.45) is 47.6. The summed E-state index contributed by atoms with van der Waals surface area (Å²) in [6.45, 7) is 4.07. The van der Waals surface area contributed by atoms with Crippen molar-refractivity contribution < 1.29 is 24.2 Å². The van der Waals surface area contributed by atoms with Crippen molar-refractivity contribution in [2.45, 2.75) is 180 Å². The van der Waals surface area contributed by atoms with E-state index >= 15 is 0 Å². The second kappa shape index (κ2) is 36.9. The van der Waals surface area contributed by atoms with Crippen molar-refractivity contribution in [2.75, 3.05) is 6.54 Å². The quantitative estimate of drug-likeness (QED) is 0.0404. The Hall–Kier alpha value is -2.89. The molecule has 6 heteroatoms. The van der Waals surface area contributed by atoms with Crippen LogP contribution in [0, 0.1) is 0 Å². The van der Waals surface area contributed by atoms with E-state index in [9.17, 15) is 14.4 Å². The molecule has 48 heavy (non-hydrogen) atoms. The molecule has 0 aliphatic rings. The highest BCUT2D eigenvalue weighted by Gasteiger charge is 2.14. The Balaban J connectivity index is 4.35. The van der Waals surface area contributed by atoms with Gasteiger partial charge in [-0.05, 0) is 89.9 Å². The average Bonchev–Trinajstić information content (AvgIpc) is 3.07. The van der Waals surface area contributed by atoms with Gasteiger partial charge < -0.3 is 15.2 Å². The normalized spacial score (nSPS) is 12.7. The highest BCUT2D eigenvalue weighted by atomic mass is 16.5. The molecule has 274 valence electrons. The van der Waals surface area contributed by atoms with Crippen LogP contribution in [0.25, 0.3) is 0 Å². The van der Waals surface area contributed by atoms with Crippen LogP contribution < -0.4 is 5.32 Å². The fourth-order valence-corrected chi connectivity index (χ4v) is 5.32. The zero-order chi connectivity index (χ0) is 35.2. The van der Waals surface area contributed by atoms with Crippen molar-refractivity contribution in [2.24, 2.45) is 0 Å². The monoisotopic (exact) mass is 670 g/mol. The SMILES string of the molecule is CC/C=C\C/C=C\C/C=C\C/C=C\CCC(CCCCCCCC(=O)NCC(=O)O)OC(=O)CCCCCCC/C=C\CCCCCC. The van der Waals surface area contributed by atoms with E-state index in [0.717, 1.165) is 89.9 Å². The van der Waals surface area contributed by atoms with Gasteiger partial charge in [-0.1, -0.05) is 132 Å². The molecule has 0 rings (SSSR count). The van der Waals surface area contributed by atoms with E-state index in [1.165, 1.54) is 57.8 Å². The molecule has 0 saturated heterocycles. The van der Waals surface area contributed by atoms with E-state index in [2.05, 4.69) is 79.9 Å². The summed E-state index contributed by atoms with van der Waals surface area (Å²) in [7, 11) is 0. The third-order valence-corrected chi connectivity index (χ3v) is 8.18. The third kappa shape index (κ3) is 36.0. The Kier molecular flexibility index (Phi) is 34.7. The predicted molar refractivity (Wildman–Crippen MR) is 203 cm³/mol. The lowest BCUT2D eigenvalue weighted by atomic mass is 10.0. The number of esters is 1. The van der Waals surface area contributed by atoms with Crippen molar-refractivity contribution in [3.05, 3.63) is 60.8 Å². The van der Waals surface area contributed by atoms with Crippen LogP contribution in [0.15, 0.2) is 60.8 Å². The van der Waals surface area contributed by atoms with Crippen LogP contribution in [0.5, 0.6) is 0 Å². The number of rotatable bonds is 34. The lowest BCUT2D eigenvalue weighted by molar-refractivity contribution is -0.150. The first-order valence-corrected chi connectivity index (χ1v) is 19.4. The van der Waals surface area contributed by atoms with Gasteiger partial charge in [-0.25, -0.2) is 0 Å². The summed E-state index contributed by atoms with van der Waals surface area (Å²) in [5.74, 6) is -1.30. The first-order chi connectivity index (χ1) is 23.5. The number of amides is 1. The summed E-state index contributed by atoms with van der Waals surface area (Å²) in [5, 5.41) is 11.1. The molecule has 0 aromatic heterocycles. The Bertz CT molecular complexity index is 917. The van der Waals surface area contributed by atoms with Crippen molar-refractivity contribution in [1.29, 1.82) is 0 Å². The number of hydrogen-bond acceptors (Lipinski definition) is 4. The first kappa shape index (κ1) is 45.1. The topological polar surface area (TPSA) is 92.7 Å². The molecular formula is C42H71NO5. The van der Waals surface area contributed by atoms with E-state index in [4.69, 9.17) is 9.84 Å². The van der Waals surface area contributed by atoms with Crippen LogP contribution in [0.2, 0.25) is 0 Å². The smallest absolute Gasteiger partial charge is 0.322 e. The molecule has 0 spiro atoms. The van der Waals surface area contributed by atoms with Crippen LogP contribution in [-0.2, 0) is 19.1 Å². The van der Waals surface area contributed by atoms with Gasteiger partial charge in [0.2, 0.25) is 5.91 Å². The van der Waals surface area contributed by atoms with Crippen LogP contribution in [-0.4, -0.2) is 35.6 Å². The fraction of sp³-hybridized carbons (Fsp3) is 0.690. The van der Waals surface area contributed by atoms with Gasteiger partial charge in [-0.3, -0.25) is 14.4 Å². The number of hydrogen-bond donors (Lipinski definition) is 2. The molecule has 1 atom stereocenters. The predicted octanol–water partition coefficient (Wildman–Crippen LogP) is 11.7. The van der Waals surface area contributed by atoms with Crippen LogP contribution in [0.1, 0.15) is 174 Å². The average molecular weight is 670 g/mol. The van der Waals surface area contributed by atoms with Gasteiger partial charge in [-0.15, -0.1) is 0 Å². The second-order valence-corrected chi connectivity index (χ2v) is 12.8. The molecule has 0 heterocycles. The standard InChI is InChI=1S/C42H71NO5/c1-3-5-7-9-11-13-15-17-19-21-23-26-30-34-39(35-31-27-25-28-32-36-40(44)43-38-41(45)46)48-42(47)37-33-29-24-22-20-18-16-14-12-10-8-6-4-2/h5,7,11,13-14,16-17,19,23,26,39H,3-4,6,8-10,12,15,18,20-22,24-25,27-38H2,1-2H3,(H,43,44)(H,45,46)/b7-5-,13-11-,16-14-,19-17-,26-23-. The van der Waals surface area contributed by atoms with Gasteiger partial charge in [0.25, 0.3) is 0 Å². The van der Waals surface area contributed by atoms with E-state index in [1.54, 1.807) is 0 Å². The molecule has 6 nitrogen and oxygen atoms in total. The third-order valence-electron chi connectivity index (χ3n) is 8.18. The van der Waals surface area contributed by atoms with Gasteiger partial charge >= 0.3 is 11.9 Å². The minimum atomic E-state index is -1.03. The maximum atomic E-state index is 12.7. The van der Waals surface area contributed by atoms with E-state index in [1.807, 2.05) is 0 Å². The molecule has 1 amide bonds. The van der Waals surface area contributed by atoms with Crippen LogP contribution >= 0.6 is 0 Å². The minimum Gasteiger partial charge on any atom is -0.480 e. The van der Waals surface area contributed by atoms with Crippen molar-refractivity contribution in [1.82, 2.24) is 5.32 Å². The largest absolute Gasteiger partial charge is 0.480 e. The molecule has 2 N–H and O–H groups in total. The number of unbranched alkanes of at least 4 members (excludes halogenated alkanes) is 13. The molecular weight excluding hydrogens is 598 g/mol. The van der Waals surface area contributed by atoms with Gasteiger partial charge in [0, 0.05) is 12.8 Å². The summed E-state index contributed by atoms with van der Waals surface area (Å²) < 4.78 is 5.96. The number of allylic oxidation sites excluding steroid dienone is 10. The molecule has 0 fully saturated rings. The molecule has 0 saturated carbocycles. The number of carboxylic acids is 1. The molecule has 0 aromatic rings. The van der Waals surface area contributed by atoms with E-state index < -0.39 is 5.97 Å². The highest BCUT2D eigenvalue weighted by Crippen LogP contribution is 2.17. The van der Waals surface area contributed by atoms with Gasteiger partial charge in [0.15, 0.2) is 0 Å². The number of carboxylic acid groups (broad SMARTS) is 1. The summed E-state index contributed by atoms with van der Waals surface area (Å²) in [5.41, 5.74) is 0. The lowest BCUT2D eigenvalue weighted by Crippen LogP contribution is -2.28. The molecule has 0 aromatic carbocycles. The Morgan fingerprint density at radius 1 is 0.562 bits per heavy atom. The molecule has 0 aliphatic heterocycles. The summed E-state index contributed by atoms with van der Waals surface area (Å²) >= 11 is 0. The minimum absolute atomic E-state index is 0.0554. The summed E-state index contributed by atoms with van der Waals surface area (Å²) in [4.78, 5) is 34.9. The Labute approximate surface area is 294 Å². The van der Waals surface area contributed by atoms with E-state index in [-0.39, 0.29) is 24.5 Å². The van der Waals surface area contributed by atoms with Gasteiger partial charge in [-0.2, -0.15) is 0 Å². The molecule has 0 radical (unpaired) electrons. The number of carbonyl (C=O) groups excluding carboxylic acids is 2. The van der Waals surface area contributed by atoms with Crippen LogP contribution in [0.3, 0.4) is 0 Å². The zero-order valence-corrected chi connectivity index (χ0v) is 30.8. The first-order valence-electron chi connectivity index (χ1n) is 19.4. The maximum Gasteiger partial charge on any atom is 0.322 e. The maximum absolute atomic E-state index is 12.7. The zero-order valence-electron chi connectivity index (χ0n) is 30.8. The highest BCUT2D eigenvalue weighted by molar-refractivity contribution is 5.80. The van der Waals surface area contributed by atoms with Crippen molar-refractivity contribution in [3.8, 4) is 0 Å². The molecule has 1 unspecified atom stereocenters. The molecule has 0 bridgehead atoms. The van der Waals surface area contributed by atoms with Gasteiger partial charge in [0.05, 0.1) is 0 Å². The van der Waals surface area contributed by atoms with Crippen molar-refractivity contribution in [3.63, 3.8) is 0 Å². The van der Waals surface area contributed by atoms with Crippen LogP contribution in [0.4, 0.5) is 0 Å².